The largest absolute Gasteiger partial charge is 0.508 e. The Morgan fingerprint density at radius 1 is 1.36 bits per heavy atom. The van der Waals surface area contributed by atoms with Gasteiger partial charge in [-0.25, -0.2) is 17.9 Å². The number of carboxylic acid groups (broad SMARTS) is 1. The van der Waals surface area contributed by atoms with Crippen molar-refractivity contribution in [3.8, 4) is 11.4 Å². The second-order valence-corrected chi connectivity index (χ2v) is 6.37. The molecule has 3 N–H and O–H groups in total. The van der Waals surface area contributed by atoms with Crippen molar-refractivity contribution in [2.45, 2.75) is 4.90 Å². The summed E-state index contributed by atoms with van der Waals surface area (Å²) in [7, 11) is -3.84. The number of hydrogen-bond donors (Lipinski definition) is 3. The molecule has 1 heterocycles. The second kappa shape index (κ2) is 5.53. The van der Waals surface area contributed by atoms with Gasteiger partial charge in [-0.2, -0.15) is 0 Å². The fraction of sp³-hybridized carbons (Fsp3) is 0.0769. The van der Waals surface area contributed by atoms with Crippen LogP contribution in [0.5, 0.6) is 5.75 Å². The summed E-state index contributed by atoms with van der Waals surface area (Å²) < 4.78 is 25.2. The van der Waals surface area contributed by atoms with Crippen LogP contribution in [0.25, 0.3) is 5.69 Å². The predicted octanol–water partition coefficient (Wildman–Crippen LogP) is 0.529. The van der Waals surface area contributed by atoms with Crippen molar-refractivity contribution in [2.75, 3.05) is 5.75 Å². The molecule has 0 aliphatic carbocycles. The van der Waals surface area contributed by atoms with Crippen molar-refractivity contribution in [3.63, 3.8) is 0 Å². The first-order valence-electron chi connectivity index (χ1n) is 5.98. The average molecular weight is 324 g/mol. The Morgan fingerprint density at radius 2 is 2.05 bits per heavy atom. The van der Waals surface area contributed by atoms with E-state index in [0.29, 0.717) is 0 Å². The standard InChI is InChI=1S/C13H12N2O6S/c1-2-5-22(20,21)11-6-8(16)3-4-10(11)15-12(17)7-9(14-15)13(18)19/h2-4,6-7,14,16H,1,5H2,(H,18,19). The van der Waals surface area contributed by atoms with Crippen LogP contribution in [0.2, 0.25) is 0 Å². The van der Waals surface area contributed by atoms with Gasteiger partial charge >= 0.3 is 5.97 Å². The number of phenolic OH excluding ortho intramolecular Hbond substituents is 1. The third-order valence-corrected chi connectivity index (χ3v) is 4.48. The lowest BCUT2D eigenvalue weighted by Gasteiger charge is -2.10. The molecular weight excluding hydrogens is 312 g/mol. The Hall–Kier alpha value is -2.81. The maximum absolute atomic E-state index is 12.2. The number of rotatable bonds is 5. The van der Waals surface area contributed by atoms with E-state index in [1.807, 2.05) is 0 Å². The van der Waals surface area contributed by atoms with Gasteiger partial charge in [0, 0.05) is 12.1 Å². The quantitative estimate of drug-likeness (QED) is 0.688. The van der Waals surface area contributed by atoms with Crippen LogP contribution in [0.3, 0.4) is 0 Å². The first-order chi connectivity index (χ1) is 10.3. The van der Waals surface area contributed by atoms with Gasteiger partial charge in [0.2, 0.25) is 0 Å². The van der Waals surface area contributed by atoms with Gasteiger partial charge in [-0.05, 0) is 12.1 Å². The maximum Gasteiger partial charge on any atom is 0.353 e. The van der Waals surface area contributed by atoms with Crippen LogP contribution in [0, 0.1) is 0 Å². The fourth-order valence-corrected chi connectivity index (χ4v) is 3.13. The second-order valence-electron chi connectivity index (χ2n) is 4.37. The minimum absolute atomic E-state index is 0.0860. The molecule has 0 bridgehead atoms. The number of phenols is 1. The number of nitrogens with one attached hydrogen (secondary N) is 1. The van der Waals surface area contributed by atoms with Gasteiger partial charge in [-0.3, -0.25) is 9.89 Å². The third-order valence-electron chi connectivity index (χ3n) is 2.81. The zero-order chi connectivity index (χ0) is 16.5. The molecule has 0 atom stereocenters. The zero-order valence-electron chi connectivity index (χ0n) is 11.2. The summed E-state index contributed by atoms with van der Waals surface area (Å²) >= 11 is 0. The highest BCUT2D eigenvalue weighted by atomic mass is 32.2. The van der Waals surface area contributed by atoms with Crippen molar-refractivity contribution in [1.29, 1.82) is 0 Å². The number of aromatic nitrogens is 2. The molecule has 0 spiro atoms. The Morgan fingerprint density at radius 3 is 2.59 bits per heavy atom. The molecule has 9 heteroatoms. The van der Waals surface area contributed by atoms with Gasteiger partial charge in [-0.15, -0.1) is 6.58 Å². The molecule has 0 saturated heterocycles. The summed E-state index contributed by atoms with van der Waals surface area (Å²) in [5.41, 5.74) is -1.21. The lowest BCUT2D eigenvalue weighted by Crippen LogP contribution is -2.18. The van der Waals surface area contributed by atoms with Crippen molar-refractivity contribution < 1.29 is 23.4 Å². The summed E-state index contributed by atoms with van der Waals surface area (Å²) in [5, 5.41) is 20.7. The van der Waals surface area contributed by atoms with Crippen molar-refractivity contribution in [2.24, 2.45) is 0 Å². The molecule has 0 amide bonds. The maximum atomic E-state index is 12.2. The number of aromatic carboxylic acids is 1. The van der Waals surface area contributed by atoms with Gasteiger partial charge in [0.25, 0.3) is 5.56 Å². The Balaban J connectivity index is 2.74. The summed E-state index contributed by atoms with van der Waals surface area (Å²) in [6.45, 7) is 3.35. The number of nitrogens with zero attached hydrogens (tertiary/aromatic N) is 1. The van der Waals surface area contributed by atoms with Crippen LogP contribution < -0.4 is 5.56 Å². The normalized spacial score (nSPS) is 11.3. The number of hydrogen-bond acceptors (Lipinski definition) is 5. The van der Waals surface area contributed by atoms with Crippen LogP contribution in [0.4, 0.5) is 0 Å². The first-order valence-corrected chi connectivity index (χ1v) is 7.64. The van der Waals surface area contributed by atoms with Crippen LogP contribution in [0.15, 0.2) is 46.6 Å². The zero-order valence-corrected chi connectivity index (χ0v) is 12.0. The summed E-state index contributed by atoms with van der Waals surface area (Å²) in [5.74, 6) is -2.06. The number of H-pyrrole nitrogens is 1. The molecular formula is C13H12N2O6S. The molecule has 2 aromatic rings. The van der Waals surface area contributed by atoms with Crippen LogP contribution in [-0.4, -0.2) is 40.1 Å². The molecule has 0 radical (unpaired) electrons. The van der Waals surface area contributed by atoms with E-state index in [9.17, 15) is 23.1 Å². The number of aromatic hydroxyl groups is 1. The molecule has 8 nitrogen and oxygen atoms in total. The number of benzene rings is 1. The molecule has 22 heavy (non-hydrogen) atoms. The van der Waals surface area contributed by atoms with E-state index in [1.54, 1.807) is 0 Å². The minimum atomic E-state index is -3.84. The molecule has 1 aromatic heterocycles. The fourth-order valence-electron chi connectivity index (χ4n) is 1.87. The van der Waals surface area contributed by atoms with E-state index in [1.165, 1.54) is 18.2 Å². The Bertz CT molecular complexity index is 907. The molecule has 116 valence electrons. The van der Waals surface area contributed by atoms with E-state index >= 15 is 0 Å². The van der Waals surface area contributed by atoms with E-state index in [-0.39, 0.29) is 22.0 Å². The van der Waals surface area contributed by atoms with Gasteiger partial charge in [0.15, 0.2) is 9.84 Å². The first kappa shape index (κ1) is 15.6. The summed E-state index contributed by atoms with van der Waals surface area (Å²) in [4.78, 5) is 22.4. The number of carboxylic acids is 1. The molecule has 0 unspecified atom stereocenters. The highest BCUT2D eigenvalue weighted by Gasteiger charge is 2.21. The lowest BCUT2D eigenvalue weighted by atomic mass is 10.3. The van der Waals surface area contributed by atoms with Gasteiger partial charge < -0.3 is 10.2 Å². The van der Waals surface area contributed by atoms with E-state index in [0.717, 1.165) is 16.8 Å². The SMILES string of the molecule is C=CCS(=O)(=O)c1cc(O)ccc1-n1[nH]c(C(=O)O)cc1=O. The smallest absolute Gasteiger partial charge is 0.353 e. The van der Waals surface area contributed by atoms with Crippen molar-refractivity contribution in [1.82, 2.24) is 9.78 Å². The van der Waals surface area contributed by atoms with Crippen LogP contribution >= 0.6 is 0 Å². The predicted molar refractivity (Wildman–Crippen MR) is 77.3 cm³/mol. The molecule has 0 saturated carbocycles. The third kappa shape index (κ3) is 2.79. The monoisotopic (exact) mass is 324 g/mol. The van der Waals surface area contributed by atoms with E-state index < -0.39 is 27.1 Å². The van der Waals surface area contributed by atoms with E-state index in [2.05, 4.69) is 11.7 Å². The molecule has 0 fully saturated rings. The Kier molecular flexibility index (Phi) is 3.91. The lowest BCUT2D eigenvalue weighted by molar-refractivity contribution is 0.0690. The molecule has 0 aliphatic rings. The molecule has 0 aliphatic heterocycles. The van der Waals surface area contributed by atoms with Crippen molar-refractivity contribution >= 4 is 15.8 Å². The van der Waals surface area contributed by atoms with E-state index in [4.69, 9.17) is 5.11 Å². The van der Waals surface area contributed by atoms with Gasteiger partial charge in [-0.1, -0.05) is 6.08 Å². The van der Waals surface area contributed by atoms with Crippen molar-refractivity contribution in [3.05, 3.63) is 53.0 Å². The average Bonchev–Trinajstić information content (AvgIpc) is 2.81. The number of aromatic amines is 1. The summed E-state index contributed by atoms with van der Waals surface area (Å²) in [6.07, 6.45) is 1.17. The van der Waals surface area contributed by atoms with Crippen LogP contribution in [-0.2, 0) is 9.84 Å². The number of carbonyl (C=O) groups is 1. The van der Waals surface area contributed by atoms with Crippen LogP contribution in [0.1, 0.15) is 10.5 Å². The van der Waals surface area contributed by atoms with Gasteiger partial charge in [0.1, 0.15) is 11.4 Å². The Labute approximate surface area is 124 Å². The topological polar surface area (TPSA) is 129 Å². The highest BCUT2D eigenvalue weighted by molar-refractivity contribution is 7.91. The molecule has 1 aromatic carbocycles. The van der Waals surface area contributed by atoms with Gasteiger partial charge in [0.05, 0.1) is 16.3 Å². The number of sulfone groups is 1. The molecule has 2 rings (SSSR count). The summed E-state index contributed by atoms with van der Waals surface area (Å²) in [6, 6.07) is 4.21. The highest BCUT2D eigenvalue weighted by Crippen LogP contribution is 2.24. The minimum Gasteiger partial charge on any atom is -0.508 e.